The molecular weight excluding hydrogens is 400 g/mol. The molecule has 1 atom stereocenters. The number of ether oxygens (including phenoxy) is 1. The Labute approximate surface area is 187 Å². The minimum absolute atomic E-state index is 0.311. The average molecular weight is 429 g/mol. The van der Waals surface area contributed by atoms with E-state index in [1.54, 1.807) is 19.2 Å². The molecule has 1 fully saturated rings. The van der Waals surface area contributed by atoms with Crippen LogP contribution in [0.4, 0.5) is 5.69 Å². The lowest BCUT2D eigenvalue weighted by Gasteiger charge is -2.37. The average Bonchev–Trinajstić information content (AvgIpc) is 2.83. The molecule has 1 aromatic heterocycles. The molecule has 3 aromatic carbocycles. The van der Waals surface area contributed by atoms with E-state index in [1.807, 2.05) is 12.1 Å². The second-order valence-electron chi connectivity index (χ2n) is 8.58. The summed E-state index contributed by atoms with van der Waals surface area (Å²) in [5, 5.41) is 7.04. The molecule has 1 saturated heterocycles. The molecule has 1 N–H and O–H groups in total. The molecule has 1 aliphatic rings. The van der Waals surface area contributed by atoms with Crippen LogP contribution in [0.1, 0.15) is 31.4 Å². The highest BCUT2D eigenvalue weighted by Crippen LogP contribution is 2.30. The first kappa shape index (κ1) is 20.6. The van der Waals surface area contributed by atoms with Crippen LogP contribution in [0.25, 0.3) is 21.7 Å². The second kappa shape index (κ2) is 8.67. The lowest BCUT2D eigenvalue weighted by molar-refractivity contribution is 0.168. The molecule has 0 bridgehead atoms. The van der Waals surface area contributed by atoms with E-state index in [1.165, 1.54) is 16.3 Å². The van der Waals surface area contributed by atoms with Crippen molar-refractivity contribution in [1.29, 1.82) is 0 Å². The largest absolute Gasteiger partial charge is 0.497 e. The molecule has 2 heterocycles. The Morgan fingerprint density at radius 2 is 1.78 bits per heavy atom. The van der Waals surface area contributed by atoms with E-state index < -0.39 is 0 Å². The van der Waals surface area contributed by atoms with Crippen LogP contribution in [0.15, 0.2) is 75.9 Å². The second-order valence-corrected chi connectivity index (χ2v) is 8.58. The summed E-state index contributed by atoms with van der Waals surface area (Å²) in [6.07, 6.45) is 2.03. The van der Waals surface area contributed by atoms with Crippen molar-refractivity contribution in [3.8, 4) is 5.75 Å². The van der Waals surface area contributed by atoms with Gasteiger partial charge in [-0.1, -0.05) is 36.4 Å². The van der Waals surface area contributed by atoms with Crippen molar-refractivity contribution >= 4 is 27.4 Å². The van der Waals surface area contributed by atoms with E-state index >= 15 is 0 Å². The highest BCUT2D eigenvalue weighted by atomic mass is 16.5. The van der Waals surface area contributed by atoms with Gasteiger partial charge in [-0.3, -0.25) is 4.90 Å². The van der Waals surface area contributed by atoms with Gasteiger partial charge in [-0.15, -0.1) is 0 Å². The molecule has 4 aromatic rings. The molecule has 0 amide bonds. The Morgan fingerprint density at radius 3 is 2.56 bits per heavy atom. The summed E-state index contributed by atoms with van der Waals surface area (Å²) in [6.45, 7) is 4.31. The monoisotopic (exact) mass is 428 g/mol. The third-order valence-corrected chi connectivity index (χ3v) is 6.64. The maximum Gasteiger partial charge on any atom is 0.338 e. The lowest BCUT2D eigenvalue weighted by Crippen LogP contribution is -2.40. The predicted octanol–water partition coefficient (Wildman–Crippen LogP) is 5.59. The van der Waals surface area contributed by atoms with E-state index in [9.17, 15) is 4.79 Å². The van der Waals surface area contributed by atoms with Gasteiger partial charge < -0.3 is 14.5 Å². The number of anilines is 1. The lowest BCUT2D eigenvalue weighted by atomic mass is 9.98. The summed E-state index contributed by atoms with van der Waals surface area (Å²) in [5.74, 6) is 0.744. The minimum atomic E-state index is -0.340. The molecule has 5 rings (SSSR count). The van der Waals surface area contributed by atoms with Crippen LogP contribution >= 0.6 is 0 Å². The molecule has 0 unspecified atom stereocenters. The first-order chi connectivity index (χ1) is 15.6. The number of benzene rings is 3. The fourth-order valence-electron chi connectivity index (χ4n) is 4.72. The molecule has 0 saturated carbocycles. The maximum atomic E-state index is 12.0. The zero-order chi connectivity index (χ0) is 22.1. The predicted molar refractivity (Wildman–Crippen MR) is 130 cm³/mol. The summed E-state index contributed by atoms with van der Waals surface area (Å²) in [4.78, 5) is 14.6. The molecule has 32 heavy (non-hydrogen) atoms. The molecule has 1 aliphatic heterocycles. The van der Waals surface area contributed by atoms with Gasteiger partial charge in [-0.2, -0.15) is 0 Å². The highest BCUT2D eigenvalue weighted by Gasteiger charge is 2.24. The fourth-order valence-corrected chi connectivity index (χ4v) is 4.72. The van der Waals surface area contributed by atoms with Crippen LogP contribution < -0.4 is 15.7 Å². The number of hydrogen-bond donors (Lipinski definition) is 1. The van der Waals surface area contributed by atoms with Gasteiger partial charge in [0.15, 0.2) is 0 Å². The van der Waals surface area contributed by atoms with E-state index in [0.29, 0.717) is 17.7 Å². The van der Waals surface area contributed by atoms with Crippen LogP contribution in [0.2, 0.25) is 0 Å². The zero-order valence-corrected chi connectivity index (χ0v) is 18.5. The van der Waals surface area contributed by atoms with E-state index in [4.69, 9.17) is 9.15 Å². The summed E-state index contributed by atoms with van der Waals surface area (Å²) in [6, 6.07) is 23.0. The van der Waals surface area contributed by atoms with Gasteiger partial charge >= 0.3 is 5.63 Å². The molecular formula is C27H28N2O3. The summed E-state index contributed by atoms with van der Waals surface area (Å²) >= 11 is 0. The summed E-state index contributed by atoms with van der Waals surface area (Å²) in [7, 11) is 1.64. The Bertz CT molecular complexity index is 1310. The van der Waals surface area contributed by atoms with Crippen LogP contribution in [0.3, 0.4) is 0 Å². The first-order valence-corrected chi connectivity index (χ1v) is 11.2. The number of fused-ring (bicyclic) bond motifs is 2. The van der Waals surface area contributed by atoms with Gasteiger partial charge in [-0.05, 0) is 60.4 Å². The Balaban J connectivity index is 1.29. The van der Waals surface area contributed by atoms with Gasteiger partial charge in [0.2, 0.25) is 0 Å². The number of likely N-dealkylation sites (tertiary alicyclic amines) is 1. The van der Waals surface area contributed by atoms with Crippen molar-refractivity contribution in [2.75, 3.05) is 25.5 Å². The highest BCUT2D eigenvalue weighted by molar-refractivity contribution is 5.90. The Morgan fingerprint density at radius 1 is 1.00 bits per heavy atom. The van der Waals surface area contributed by atoms with Crippen molar-refractivity contribution < 1.29 is 9.15 Å². The van der Waals surface area contributed by atoms with Crippen LogP contribution in [0.5, 0.6) is 5.75 Å². The van der Waals surface area contributed by atoms with Gasteiger partial charge in [0, 0.05) is 36.6 Å². The number of nitrogens with one attached hydrogen (secondary N) is 1. The molecule has 164 valence electrons. The van der Waals surface area contributed by atoms with E-state index in [2.05, 4.69) is 59.6 Å². The van der Waals surface area contributed by atoms with Crippen molar-refractivity contribution in [3.63, 3.8) is 0 Å². The third-order valence-electron chi connectivity index (χ3n) is 6.64. The maximum absolute atomic E-state index is 12.0. The van der Waals surface area contributed by atoms with Gasteiger partial charge in [-0.25, -0.2) is 4.79 Å². The van der Waals surface area contributed by atoms with E-state index in [-0.39, 0.29) is 5.63 Å². The smallest absolute Gasteiger partial charge is 0.338 e. The van der Waals surface area contributed by atoms with Gasteiger partial charge in [0.05, 0.1) is 12.8 Å². The van der Waals surface area contributed by atoms with Crippen molar-refractivity contribution in [1.82, 2.24) is 4.90 Å². The van der Waals surface area contributed by atoms with Crippen molar-refractivity contribution in [2.45, 2.75) is 31.8 Å². The molecule has 0 aliphatic carbocycles. The topological polar surface area (TPSA) is 54.7 Å². The standard InChI is InChI=1S/C27H28N2O3/c1-18(20-8-7-19-5-3-4-6-21(19)15-20)29-13-11-22(12-14-29)28-25-17-27(30)32-26-10-9-23(31-2)16-24(25)26/h3-10,15-18,22,28H,11-14H2,1-2H3/t18-/m0/s1. The SMILES string of the molecule is COc1ccc2oc(=O)cc(NC3CCN([C@@H](C)c4ccc5ccccc5c4)CC3)c2c1. The number of nitrogens with zero attached hydrogens (tertiary/aromatic N) is 1. The fraction of sp³-hybridized carbons (Fsp3) is 0.296. The first-order valence-electron chi connectivity index (χ1n) is 11.2. The van der Waals surface area contributed by atoms with Crippen LogP contribution in [-0.2, 0) is 0 Å². The van der Waals surface area contributed by atoms with Crippen molar-refractivity contribution in [3.05, 3.63) is 82.7 Å². The Kier molecular flexibility index (Phi) is 5.58. The Hall–Kier alpha value is -3.31. The number of piperidine rings is 1. The van der Waals surface area contributed by atoms with Gasteiger partial charge in [0.1, 0.15) is 11.3 Å². The molecule has 5 heteroatoms. The number of methoxy groups -OCH3 is 1. The number of rotatable bonds is 5. The minimum Gasteiger partial charge on any atom is -0.497 e. The molecule has 5 nitrogen and oxygen atoms in total. The normalized spacial score (nSPS) is 16.3. The molecule has 0 radical (unpaired) electrons. The van der Waals surface area contributed by atoms with E-state index in [0.717, 1.165) is 42.8 Å². The quantitative estimate of drug-likeness (QED) is 0.420. The summed E-state index contributed by atoms with van der Waals surface area (Å²) < 4.78 is 10.7. The zero-order valence-electron chi connectivity index (χ0n) is 18.5. The van der Waals surface area contributed by atoms with Crippen LogP contribution in [-0.4, -0.2) is 31.1 Å². The number of hydrogen-bond acceptors (Lipinski definition) is 5. The van der Waals surface area contributed by atoms with Gasteiger partial charge in [0.25, 0.3) is 0 Å². The van der Waals surface area contributed by atoms with Crippen molar-refractivity contribution in [2.24, 2.45) is 0 Å². The molecule has 0 spiro atoms. The third kappa shape index (κ3) is 4.08. The van der Waals surface area contributed by atoms with Crippen LogP contribution in [0, 0.1) is 0 Å². The summed E-state index contributed by atoms with van der Waals surface area (Å²) in [5.41, 5.74) is 2.40.